The van der Waals surface area contributed by atoms with Crippen molar-refractivity contribution in [1.29, 1.82) is 0 Å². The zero-order valence-corrected chi connectivity index (χ0v) is 20.0. The maximum absolute atomic E-state index is 6.22. The van der Waals surface area contributed by atoms with Gasteiger partial charge >= 0.3 is 0 Å². The van der Waals surface area contributed by atoms with Gasteiger partial charge in [0.15, 0.2) is 0 Å². The van der Waals surface area contributed by atoms with Crippen molar-refractivity contribution in [2.75, 3.05) is 5.73 Å². The first-order valence-corrected chi connectivity index (χ1v) is 12.9. The molecular formula is C29H19N3S2. The van der Waals surface area contributed by atoms with Gasteiger partial charge in [-0.3, -0.25) is 0 Å². The molecule has 5 heteroatoms. The summed E-state index contributed by atoms with van der Waals surface area (Å²) in [4.78, 5) is 13.1. The lowest BCUT2D eigenvalue weighted by Crippen LogP contribution is -1.95. The van der Waals surface area contributed by atoms with E-state index in [1.807, 2.05) is 6.07 Å². The summed E-state index contributed by atoms with van der Waals surface area (Å²) in [5, 5.41) is 8.68. The lowest BCUT2D eigenvalue weighted by atomic mass is 9.97. The molecule has 0 fully saturated rings. The van der Waals surface area contributed by atoms with Crippen LogP contribution in [0.5, 0.6) is 0 Å². The summed E-state index contributed by atoms with van der Waals surface area (Å²) in [5.74, 6) is 0. The number of thiophene rings is 2. The molecule has 0 amide bonds. The highest BCUT2D eigenvalue weighted by Gasteiger charge is 2.18. The summed E-state index contributed by atoms with van der Waals surface area (Å²) in [6.45, 7) is 2.12. The number of aromatic nitrogens is 2. The Morgan fingerprint density at radius 1 is 0.588 bits per heavy atom. The van der Waals surface area contributed by atoms with Crippen molar-refractivity contribution in [2.24, 2.45) is 0 Å². The first-order chi connectivity index (χ1) is 16.7. The highest BCUT2D eigenvalue weighted by Crippen LogP contribution is 2.41. The van der Waals surface area contributed by atoms with Gasteiger partial charge in [-0.15, -0.1) is 22.7 Å². The first-order valence-electron chi connectivity index (χ1n) is 11.1. The molecule has 7 rings (SSSR count). The number of rotatable bonds is 2. The molecule has 7 aromatic rings. The van der Waals surface area contributed by atoms with Crippen LogP contribution in [0.1, 0.15) is 5.56 Å². The van der Waals surface area contributed by atoms with Crippen molar-refractivity contribution < 1.29 is 0 Å². The van der Waals surface area contributed by atoms with Crippen LogP contribution in [0, 0.1) is 6.92 Å². The standard InChI is InChI=1S/C29H19N3S2/c1-16-6-8-18-22(14-16)23-15-17(30)7-9-19(23)27-26(18)31-28-20(24-4-2-12-33-24)10-11-21(29(28)32-27)25-5-3-13-34-25/h2-15H,30H2,1H3. The van der Waals surface area contributed by atoms with E-state index in [9.17, 15) is 0 Å². The third-order valence-corrected chi connectivity index (χ3v) is 8.22. The monoisotopic (exact) mass is 473 g/mol. The summed E-state index contributed by atoms with van der Waals surface area (Å²) in [7, 11) is 0. The van der Waals surface area contributed by atoms with E-state index in [1.165, 1.54) is 15.3 Å². The normalized spacial score (nSPS) is 11.8. The predicted octanol–water partition coefficient (Wildman–Crippen LogP) is 8.44. The molecule has 0 bridgehead atoms. The lowest BCUT2D eigenvalue weighted by molar-refractivity contribution is 1.42. The van der Waals surface area contributed by atoms with Crippen molar-refractivity contribution in [2.45, 2.75) is 6.92 Å². The topological polar surface area (TPSA) is 51.8 Å². The molecule has 0 saturated heterocycles. The Bertz CT molecular complexity index is 1730. The second kappa shape index (κ2) is 7.35. The largest absolute Gasteiger partial charge is 0.399 e. The molecule has 2 N–H and O–H groups in total. The Kier molecular flexibility index (Phi) is 4.25. The lowest BCUT2D eigenvalue weighted by Gasteiger charge is -2.14. The maximum Gasteiger partial charge on any atom is 0.0988 e. The van der Waals surface area contributed by atoms with Crippen LogP contribution in [0.15, 0.2) is 83.6 Å². The molecule has 4 aromatic carbocycles. The van der Waals surface area contributed by atoms with Gasteiger partial charge in [-0.25, -0.2) is 9.97 Å². The number of benzene rings is 4. The Labute approximate surface area is 204 Å². The molecule has 0 atom stereocenters. The van der Waals surface area contributed by atoms with Crippen molar-refractivity contribution >= 4 is 72.0 Å². The molecule has 0 aliphatic heterocycles. The minimum Gasteiger partial charge on any atom is -0.399 e. The average Bonchev–Trinajstić information content (AvgIpc) is 3.57. The number of aryl methyl sites for hydroxylation is 1. The minimum atomic E-state index is 0.752. The van der Waals surface area contributed by atoms with Gasteiger partial charge < -0.3 is 5.73 Å². The van der Waals surface area contributed by atoms with E-state index in [-0.39, 0.29) is 0 Å². The first kappa shape index (κ1) is 19.6. The Hall–Kier alpha value is -3.80. The second-order valence-electron chi connectivity index (χ2n) is 8.59. The molecule has 0 aliphatic rings. The van der Waals surface area contributed by atoms with Gasteiger partial charge in [0.05, 0.1) is 22.1 Å². The fourth-order valence-corrected chi connectivity index (χ4v) is 6.36. The number of nitrogens with two attached hydrogens (primary N) is 1. The van der Waals surface area contributed by atoms with Crippen molar-refractivity contribution in [3.8, 4) is 20.9 Å². The van der Waals surface area contributed by atoms with E-state index in [1.54, 1.807) is 22.7 Å². The summed E-state index contributed by atoms with van der Waals surface area (Å²) in [6.07, 6.45) is 0. The van der Waals surface area contributed by atoms with Crippen LogP contribution in [0.2, 0.25) is 0 Å². The molecule has 3 heterocycles. The molecule has 34 heavy (non-hydrogen) atoms. The fourth-order valence-electron chi connectivity index (χ4n) is 4.85. The minimum absolute atomic E-state index is 0.752. The zero-order chi connectivity index (χ0) is 22.8. The molecule has 0 radical (unpaired) electrons. The summed E-state index contributed by atoms with van der Waals surface area (Å²) in [6, 6.07) is 25.5. The fraction of sp³-hybridized carbons (Fsp3) is 0.0345. The highest BCUT2D eigenvalue weighted by atomic mass is 32.1. The number of hydrogen-bond acceptors (Lipinski definition) is 5. The van der Waals surface area contributed by atoms with Crippen LogP contribution in [0.4, 0.5) is 5.69 Å². The summed E-state index contributed by atoms with van der Waals surface area (Å²) >= 11 is 3.46. The molecule has 0 spiro atoms. The number of fused-ring (bicyclic) bond motifs is 7. The molecule has 0 unspecified atom stereocenters. The highest BCUT2D eigenvalue weighted by molar-refractivity contribution is 7.14. The van der Waals surface area contributed by atoms with Crippen molar-refractivity contribution in [3.05, 3.63) is 89.1 Å². The van der Waals surface area contributed by atoms with Crippen LogP contribution >= 0.6 is 22.7 Å². The van der Waals surface area contributed by atoms with Gasteiger partial charge in [0.25, 0.3) is 0 Å². The maximum atomic E-state index is 6.22. The summed E-state index contributed by atoms with van der Waals surface area (Å²) in [5.41, 5.74) is 14.1. The van der Waals surface area contributed by atoms with Gasteiger partial charge in [-0.05, 0) is 52.7 Å². The second-order valence-corrected chi connectivity index (χ2v) is 10.5. The van der Waals surface area contributed by atoms with Crippen molar-refractivity contribution in [1.82, 2.24) is 9.97 Å². The Balaban J connectivity index is 1.73. The van der Waals surface area contributed by atoms with Crippen LogP contribution < -0.4 is 5.73 Å². The van der Waals surface area contributed by atoms with E-state index < -0.39 is 0 Å². The molecule has 162 valence electrons. The average molecular weight is 474 g/mol. The Morgan fingerprint density at radius 3 is 1.71 bits per heavy atom. The van der Waals surface area contributed by atoms with Gasteiger partial charge in [-0.2, -0.15) is 0 Å². The van der Waals surface area contributed by atoms with E-state index in [2.05, 4.69) is 84.4 Å². The van der Waals surface area contributed by atoms with Crippen molar-refractivity contribution in [3.63, 3.8) is 0 Å². The number of anilines is 1. The molecular weight excluding hydrogens is 454 g/mol. The van der Waals surface area contributed by atoms with Crippen LogP contribution in [-0.2, 0) is 0 Å². The van der Waals surface area contributed by atoms with Crippen LogP contribution in [0.25, 0.3) is 64.5 Å². The Morgan fingerprint density at radius 2 is 1.15 bits per heavy atom. The quantitative estimate of drug-likeness (QED) is 0.156. The van der Waals surface area contributed by atoms with E-state index >= 15 is 0 Å². The van der Waals surface area contributed by atoms with Gasteiger partial charge in [-0.1, -0.05) is 54.1 Å². The van der Waals surface area contributed by atoms with E-state index in [0.717, 1.165) is 60.4 Å². The summed E-state index contributed by atoms with van der Waals surface area (Å²) < 4.78 is 0. The van der Waals surface area contributed by atoms with Crippen LogP contribution in [-0.4, -0.2) is 9.97 Å². The number of hydrogen-bond donors (Lipinski definition) is 1. The SMILES string of the molecule is Cc1ccc2c(c1)c1cc(N)ccc1c1nc3c(-c4cccs4)ccc(-c4cccs4)c3nc21. The smallest absolute Gasteiger partial charge is 0.0988 e. The van der Waals surface area contributed by atoms with Gasteiger partial charge in [0.2, 0.25) is 0 Å². The van der Waals surface area contributed by atoms with E-state index in [0.29, 0.717) is 0 Å². The van der Waals surface area contributed by atoms with Gasteiger partial charge in [0, 0.05) is 37.3 Å². The third-order valence-electron chi connectivity index (χ3n) is 6.42. The molecule has 0 saturated carbocycles. The number of nitrogens with zero attached hydrogens (tertiary/aromatic N) is 2. The van der Waals surface area contributed by atoms with Crippen LogP contribution in [0.3, 0.4) is 0 Å². The van der Waals surface area contributed by atoms with Gasteiger partial charge in [0.1, 0.15) is 0 Å². The molecule has 0 aliphatic carbocycles. The molecule has 3 nitrogen and oxygen atoms in total. The van der Waals surface area contributed by atoms with E-state index in [4.69, 9.17) is 15.7 Å². The zero-order valence-electron chi connectivity index (χ0n) is 18.4. The predicted molar refractivity (Wildman–Crippen MR) is 148 cm³/mol. The molecule has 3 aromatic heterocycles. The number of nitrogen functional groups attached to an aromatic ring is 1. The third kappa shape index (κ3) is 2.87.